The Bertz CT molecular complexity index is 579. The van der Waals surface area contributed by atoms with Crippen molar-refractivity contribution in [2.24, 2.45) is 0 Å². The van der Waals surface area contributed by atoms with Gasteiger partial charge in [-0.25, -0.2) is 4.39 Å². The van der Waals surface area contributed by atoms with Crippen molar-refractivity contribution in [3.63, 3.8) is 0 Å². The van der Waals surface area contributed by atoms with Gasteiger partial charge in [0, 0.05) is 38.4 Å². The summed E-state index contributed by atoms with van der Waals surface area (Å²) in [5, 5.41) is 3.21. The average Bonchev–Trinajstić information content (AvgIpc) is 2.64. The zero-order chi connectivity index (χ0) is 18.5. The molecule has 2 fully saturated rings. The summed E-state index contributed by atoms with van der Waals surface area (Å²) in [7, 11) is 3.75. The van der Waals surface area contributed by atoms with Gasteiger partial charge in [-0.15, -0.1) is 0 Å². The molecule has 1 N–H and O–H groups in total. The summed E-state index contributed by atoms with van der Waals surface area (Å²) in [6.45, 7) is 3.78. The lowest BCUT2D eigenvalue weighted by Crippen LogP contribution is -2.50. The van der Waals surface area contributed by atoms with E-state index in [9.17, 15) is 9.18 Å². The maximum atomic E-state index is 13.2. The number of hydrogen-bond donors (Lipinski definition) is 1. The number of benzene rings is 1. The van der Waals surface area contributed by atoms with E-state index in [4.69, 9.17) is 4.74 Å². The van der Waals surface area contributed by atoms with Crippen LogP contribution in [0.5, 0.6) is 0 Å². The van der Waals surface area contributed by atoms with Gasteiger partial charge in [-0.1, -0.05) is 12.1 Å². The first-order valence-electron chi connectivity index (χ1n) is 9.58. The molecule has 5 nitrogen and oxygen atoms in total. The van der Waals surface area contributed by atoms with Gasteiger partial charge in [0.25, 0.3) is 0 Å². The molecule has 1 amide bonds. The van der Waals surface area contributed by atoms with E-state index in [1.807, 2.05) is 19.0 Å². The summed E-state index contributed by atoms with van der Waals surface area (Å²) >= 11 is 0. The summed E-state index contributed by atoms with van der Waals surface area (Å²) in [6.07, 6.45) is 4.19. The van der Waals surface area contributed by atoms with E-state index in [-0.39, 0.29) is 17.8 Å². The van der Waals surface area contributed by atoms with E-state index in [0.29, 0.717) is 6.04 Å². The quantitative estimate of drug-likeness (QED) is 0.871. The number of piperidine rings is 1. The van der Waals surface area contributed by atoms with Crippen molar-refractivity contribution in [1.82, 2.24) is 15.1 Å². The largest absolute Gasteiger partial charge is 0.381 e. The second-order valence-corrected chi connectivity index (χ2v) is 7.58. The lowest BCUT2D eigenvalue weighted by atomic mass is 9.98. The highest BCUT2D eigenvalue weighted by molar-refractivity contribution is 5.83. The Hall–Kier alpha value is -1.50. The maximum absolute atomic E-state index is 13.2. The monoisotopic (exact) mass is 363 g/mol. The molecule has 3 rings (SSSR count). The molecule has 0 aromatic heterocycles. The SMILES string of the molecule is CN(C)[C@H](C(=O)NC1CCN(C2CCOCC2)CC1)c1ccc(F)cc1. The van der Waals surface area contributed by atoms with E-state index < -0.39 is 6.04 Å². The van der Waals surface area contributed by atoms with Crippen LogP contribution in [0, 0.1) is 5.82 Å². The molecule has 2 heterocycles. The van der Waals surface area contributed by atoms with E-state index in [2.05, 4.69) is 10.2 Å². The number of rotatable bonds is 5. The van der Waals surface area contributed by atoms with Gasteiger partial charge in [-0.05, 0) is 57.5 Å². The van der Waals surface area contributed by atoms with E-state index in [0.717, 1.165) is 57.6 Å². The lowest BCUT2D eigenvalue weighted by Gasteiger charge is -2.39. The molecule has 1 aromatic carbocycles. The van der Waals surface area contributed by atoms with Gasteiger partial charge < -0.3 is 15.0 Å². The zero-order valence-corrected chi connectivity index (χ0v) is 15.8. The van der Waals surface area contributed by atoms with Crippen LogP contribution in [0.1, 0.15) is 37.3 Å². The van der Waals surface area contributed by atoms with Crippen LogP contribution < -0.4 is 5.32 Å². The van der Waals surface area contributed by atoms with Gasteiger partial charge in [-0.3, -0.25) is 9.69 Å². The normalized spacial score (nSPS) is 21.7. The third kappa shape index (κ3) is 4.81. The van der Waals surface area contributed by atoms with Crippen LogP contribution in [0.4, 0.5) is 4.39 Å². The van der Waals surface area contributed by atoms with E-state index in [1.54, 1.807) is 12.1 Å². The minimum absolute atomic E-state index is 0.00822. The molecule has 0 aliphatic carbocycles. The molecule has 6 heteroatoms. The van der Waals surface area contributed by atoms with Gasteiger partial charge in [-0.2, -0.15) is 0 Å². The van der Waals surface area contributed by atoms with Crippen LogP contribution in [0.3, 0.4) is 0 Å². The minimum Gasteiger partial charge on any atom is -0.381 e. The first-order chi connectivity index (χ1) is 12.5. The predicted molar refractivity (Wildman–Crippen MR) is 99.4 cm³/mol. The number of hydrogen-bond acceptors (Lipinski definition) is 4. The van der Waals surface area contributed by atoms with Gasteiger partial charge in [0.05, 0.1) is 0 Å². The molecule has 2 aliphatic heterocycles. The van der Waals surface area contributed by atoms with E-state index >= 15 is 0 Å². The number of carbonyl (C=O) groups excluding carboxylic acids is 1. The molecule has 2 saturated heterocycles. The number of nitrogens with one attached hydrogen (secondary N) is 1. The molecule has 0 saturated carbocycles. The zero-order valence-electron chi connectivity index (χ0n) is 15.8. The Morgan fingerprint density at radius 2 is 1.77 bits per heavy atom. The fourth-order valence-corrected chi connectivity index (χ4v) is 4.07. The molecule has 144 valence electrons. The van der Waals surface area contributed by atoms with Gasteiger partial charge >= 0.3 is 0 Å². The van der Waals surface area contributed by atoms with Crippen LogP contribution in [0.15, 0.2) is 24.3 Å². The van der Waals surface area contributed by atoms with Gasteiger partial charge in [0.15, 0.2) is 0 Å². The number of amides is 1. The molecule has 26 heavy (non-hydrogen) atoms. The van der Waals surface area contributed by atoms with Gasteiger partial charge in [0.1, 0.15) is 11.9 Å². The van der Waals surface area contributed by atoms with Crippen molar-refractivity contribution < 1.29 is 13.9 Å². The minimum atomic E-state index is -0.399. The Balaban J connectivity index is 1.54. The second kappa shape index (κ2) is 8.93. The van der Waals surface area contributed by atoms with Crippen molar-refractivity contribution in [3.05, 3.63) is 35.6 Å². The van der Waals surface area contributed by atoms with Crippen molar-refractivity contribution in [2.75, 3.05) is 40.4 Å². The molecule has 0 spiro atoms. The van der Waals surface area contributed by atoms with Gasteiger partial charge in [0.2, 0.25) is 5.91 Å². The van der Waals surface area contributed by atoms with Crippen LogP contribution in [-0.2, 0) is 9.53 Å². The topological polar surface area (TPSA) is 44.8 Å². The molecular weight excluding hydrogens is 333 g/mol. The average molecular weight is 363 g/mol. The summed E-state index contributed by atoms with van der Waals surface area (Å²) < 4.78 is 18.6. The Morgan fingerprint density at radius 3 is 2.35 bits per heavy atom. The summed E-state index contributed by atoms with van der Waals surface area (Å²) in [6, 6.07) is 6.64. The molecule has 0 unspecified atom stereocenters. The summed E-state index contributed by atoms with van der Waals surface area (Å²) in [5.74, 6) is -0.293. The van der Waals surface area contributed by atoms with Crippen LogP contribution in [-0.4, -0.2) is 68.2 Å². The second-order valence-electron chi connectivity index (χ2n) is 7.58. The smallest absolute Gasteiger partial charge is 0.242 e. The van der Waals surface area contributed by atoms with Crippen LogP contribution in [0.2, 0.25) is 0 Å². The number of carbonyl (C=O) groups is 1. The fraction of sp³-hybridized carbons (Fsp3) is 0.650. The highest BCUT2D eigenvalue weighted by Gasteiger charge is 2.29. The fourth-order valence-electron chi connectivity index (χ4n) is 4.07. The first-order valence-corrected chi connectivity index (χ1v) is 9.58. The number of halogens is 1. The molecule has 0 bridgehead atoms. The summed E-state index contributed by atoms with van der Waals surface area (Å²) in [4.78, 5) is 17.3. The Kier molecular flexibility index (Phi) is 6.62. The maximum Gasteiger partial charge on any atom is 0.242 e. The summed E-state index contributed by atoms with van der Waals surface area (Å²) in [5.41, 5.74) is 0.813. The van der Waals surface area contributed by atoms with Crippen molar-refractivity contribution in [2.45, 2.75) is 43.8 Å². The highest BCUT2D eigenvalue weighted by Crippen LogP contribution is 2.22. The van der Waals surface area contributed by atoms with E-state index in [1.165, 1.54) is 12.1 Å². The van der Waals surface area contributed by atoms with Crippen LogP contribution in [0.25, 0.3) is 0 Å². The number of likely N-dealkylation sites (tertiary alicyclic amines) is 1. The third-order valence-corrected chi connectivity index (χ3v) is 5.53. The molecule has 0 radical (unpaired) electrons. The molecule has 2 aliphatic rings. The molecule has 1 aromatic rings. The Morgan fingerprint density at radius 1 is 1.15 bits per heavy atom. The Labute approximate surface area is 155 Å². The molecular formula is C20H30FN3O2. The van der Waals surface area contributed by atoms with Crippen molar-refractivity contribution >= 4 is 5.91 Å². The predicted octanol–water partition coefficient (Wildman–Crippen LogP) is 2.19. The number of likely N-dealkylation sites (N-methyl/N-ethyl adjacent to an activating group) is 1. The molecule has 1 atom stereocenters. The lowest BCUT2D eigenvalue weighted by molar-refractivity contribution is -0.126. The third-order valence-electron chi connectivity index (χ3n) is 5.53. The number of ether oxygens (including phenoxy) is 1. The number of nitrogens with zero attached hydrogens (tertiary/aromatic N) is 2. The van der Waals surface area contributed by atoms with Crippen LogP contribution >= 0.6 is 0 Å². The van der Waals surface area contributed by atoms with Crippen molar-refractivity contribution in [3.8, 4) is 0 Å². The highest BCUT2D eigenvalue weighted by atomic mass is 19.1. The standard InChI is InChI=1S/C20H30FN3O2/c1-23(2)19(15-3-5-16(21)6-4-15)20(25)22-17-7-11-24(12-8-17)18-9-13-26-14-10-18/h3-6,17-19H,7-14H2,1-2H3,(H,22,25)/t19-/m0/s1. The van der Waals surface area contributed by atoms with Crippen molar-refractivity contribution in [1.29, 1.82) is 0 Å². The first kappa shape index (κ1) is 19.3.